The van der Waals surface area contributed by atoms with Crippen molar-refractivity contribution in [2.75, 3.05) is 11.9 Å². The summed E-state index contributed by atoms with van der Waals surface area (Å²) in [6, 6.07) is 0.558. The van der Waals surface area contributed by atoms with E-state index in [1.165, 1.54) is 6.42 Å². The zero-order valence-electron chi connectivity index (χ0n) is 11.3. The third-order valence-corrected chi connectivity index (χ3v) is 3.60. The number of amides is 2. The lowest BCUT2D eigenvalue weighted by molar-refractivity contribution is 0.0692. The third kappa shape index (κ3) is 3.90. The molecule has 5 nitrogen and oxygen atoms in total. The van der Waals surface area contributed by atoms with Crippen molar-refractivity contribution in [2.24, 2.45) is 5.92 Å². The number of hydrogen-bond donors (Lipinski definition) is 3. The van der Waals surface area contributed by atoms with Gasteiger partial charge in [0.2, 0.25) is 0 Å². The van der Waals surface area contributed by atoms with Gasteiger partial charge in [-0.05, 0) is 18.4 Å². The molecule has 7 heteroatoms. The number of hydrogen-bond acceptors (Lipinski definition) is 2. The summed E-state index contributed by atoms with van der Waals surface area (Å²) in [4.78, 5) is 22.4. The van der Waals surface area contributed by atoms with Crippen LogP contribution in [0.15, 0.2) is 12.1 Å². The fourth-order valence-electron chi connectivity index (χ4n) is 2.15. The summed E-state index contributed by atoms with van der Waals surface area (Å²) in [5.41, 5.74) is -1.06. The molecule has 21 heavy (non-hydrogen) atoms. The van der Waals surface area contributed by atoms with Gasteiger partial charge in [0.1, 0.15) is 11.6 Å². The molecule has 0 unspecified atom stereocenters. The molecule has 0 bridgehead atoms. The number of carbonyl (C=O) groups excluding carboxylic acids is 1. The van der Waals surface area contributed by atoms with Gasteiger partial charge in [0, 0.05) is 12.6 Å². The third-order valence-electron chi connectivity index (χ3n) is 3.60. The molecule has 0 radical (unpaired) electrons. The minimum Gasteiger partial charge on any atom is -0.478 e. The van der Waals surface area contributed by atoms with Crippen molar-refractivity contribution in [3.05, 3.63) is 29.3 Å². The Morgan fingerprint density at radius 2 is 1.95 bits per heavy atom. The molecule has 0 saturated heterocycles. The normalized spacial score (nSPS) is 14.4. The number of carbonyl (C=O) groups is 2. The summed E-state index contributed by atoms with van der Waals surface area (Å²) in [6.07, 6.45) is 4.41. The molecule has 114 valence electrons. The van der Waals surface area contributed by atoms with Crippen LogP contribution in [0.4, 0.5) is 19.3 Å². The van der Waals surface area contributed by atoms with Crippen LogP contribution in [-0.4, -0.2) is 23.7 Å². The number of nitrogens with one attached hydrogen (secondary N) is 2. The van der Waals surface area contributed by atoms with E-state index in [0.717, 1.165) is 25.3 Å². The summed E-state index contributed by atoms with van der Waals surface area (Å²) < 4.78 is 26.7. The van der Waals surface area contributed by atoms with Crippen LogP contribution in [0, 0.1) is 17.6 Å². The largest absolute Gasteiger partial charge is 0.478 e. The number of halogens is 2. The smallest absolute Gasteiger partial charge is 0.338 e. The molecule has 0 aromatic heterocycles. The second-order valence-electron chi connectivity index (χ2n) is 5.08. The van der Waals surface area contributed by atoms with Crippen molar-refractivity contribution >= 4 is 17.7 Å². The first kappa shape index (κ1) is 15.2. The minimum atomic E-state index is -1.53. The molecule has 3 N–H and O–H groups in total. The molecule has 2 rings (SSSR count). The van der Waals surface area contributed by atoms with Gasteiger partial charge in [-0.25, -0.2) is 18.4 Å². The quantitative estimate of drug-likeness (QED) is 0.782. The van der Waals surface area contributed by atoms with Crippen molar-refractivity contribution in [1.29, 1.82) is 0 Å². The van der Waals surface area contributed by atoms with Gasteiger partial charge in [0.25, 0.3) is 0 Å². The Morgan fingerprint density at radius 3 is 2.52 bits per heavy atom. The van der Waals surface area contributed by atoms with Crippen LogP contribution in [-0.2, 0) is 0 Å². The molecule has 0 spiro atoms. The highest BCUT2D eigenvalue weighted by atomic mass is 19.1. The second-order valence-corrected chi connectivity index (χ2v) is 5.08. The van der Waals surface area contributed by atoms with E-state index in [-0.39, 0.29) is 5.69 Å². The molecule has 1 aromatic rings. The fourth-order valence-corrected chi connectivity index (χ4v) is 2.15. The lowest BCUT2D eigenvalue weighted by atomic mass is 9.83. The number of benzene rings is 1. The summed E-state index contributed by atoms with van der Waals surface area (Å²) in [5.74, 6) is -3.10. The highest BCUT2D eigenvalue weighted by molar-refractivity contribution is 5.93. The molecule has 0 heterocycles. The van der Waals surface area contributed by atoms with Crippen molar-refractivity contribution in [3.63, 3.8) is 0 Å². The molecular weight excluding hydrogens is 282 g/mol. The van der Waals surface area contributed by atoms with Crippen LogP contribution < -0.4 is 10.6 Å². The van der Waals surface area contributed by atoms with Gasteiger partial charge in [0.15, 0.2) is 0 Å². The highest BCUT2D eigenvalue weighted by Gasteiger charge is 2.18. The lowest BCUT2D eigenvalue weighted by Gasteiger charge is -2.25. The van der Waals surface area contributed by atoms with E-state index in [9.17, 15) is 18.4 Å². The van der Waals surface area contributed by atoms with E-state index in [4.69, 9.17) is 5.11 Å². The fraction of sp³-hybridized carbons (Fsp3) is 0.429. The number of urea groups is 1. The van der Waals surface area contributed by atoms with Crippen LogP contribution >= 0.6 is 0 Å². The maximum absolute atomic E-state index is 13.5. The Kier molecular flexibility index (Phi) is 4.72. The molecule has 1 aliphatic rings. The minimum absolute atomic E-state index is 0.366. The molecule has 0 atom stereocenters. The van der Waals surface area contributed by atoms with E-state index in [1.807, 2.05) is 0 Å². The van der Waals surface area contributed by atoms with Gasteiger partial charge < -0.3 is 15.7 Å². The van der Waals surface area contributed by atoms with Crippen LogP contribution in [0.2, 0.25) is 0 Å². The molecular formula is C14H16F2N2O3. The number of anilines is 1. The van der Waals surface area contributed by atoms with Gasteiger partial charge in [-0.2, -0.15) is 0 Å². The summed E-state index contributed by atoms with van der Waals surface area (Å²) in [7, 11) is 0. The number of carboxylic acids is 1. The predicted octanol–water partition coefficient (Wildman–Crippen LogP) is 2.97. The van der Waals surface area contributed by atoms with E-state index in [2.05, 4.69) is 10.6 Å². The van der Waals surface area contributed by atoms with Crippen molar-refractivity contribution in [3.8, 4) is 0 Å². The van der Waals surface area contributed by atoms with Gasteiger partial charge >= 0.3 is 12.0 Å². The van der Waals surface area contributed by atoms with Crippen LogP contribution in [0.1, 0.15) is 36.0 Å². The average Bonchev–Trinajstić information content (AvgIpc) is 2.35. The average molecular weight is 298 g/mol. The number of rotatable bonds is 5. The number of carboxylic acid groups (broad SMARTS) is 1. The maximum atomic E-state index is 13.5. The zero-order chi connectivity index (χ0) is 15.4. The Morgan fingerprint density at radius 1 is 1.24 bits per heavy atom. The van der Waals surface area contributed by atoms with E-state index in [0.29, 0.717) is 18.5 Å². The lowest BCUT2D eigenvalue weighted by Crippen LogP contribution is -2.31. The topological polar surface area (TPSA) is 78.4 Å². The van der Waals surface area contributed by atoms with E-state index < -0.39 is 29.2 Å². The van der Waals surface area contributed by atoms with Gasteiger partial charge in [0.05, 0.1) is 11.3 Å². The SMILES string of the molecule is O=C(NCCC1CCC1)Nc1cc(C(=O)O)c(F)cc1F. The molecule has 1 fully saturated rings. The van der Waals surface area contributed by atoms with Crippen molar-refractivity contribution < 1.29 is 23.5 Å². The van der Waals surface area contributed by atoms with Crippen LogP contribution in [0.5, 0.6) is 0 Å². The molecule has 1 saturated carbocycles. The standard InChI is InChI=1S/C14H16F2N2O3/c15-10-7-11(16)12(6-9(10)13(19)20)18-14(21)17-5-4-8-2-1-3-8/h6-8H,1-5H2,(H,19,20)(H2,17,18,21). The molecule has 1 aliphatic carbocycles. The molecule has 0 aliphatic heterocycles. The Hall–Kier alpha value is -2.18. The van der Waals surface area contributed by atoms with Crippen molar-refractivity contribution in [2.45, 2.75) is 25.7 Å². The summed E-state index contributed by atoms with van der Waals surface area (Å²) >= 11 is 0. The van der Waals surface area contributed by atoms with Gasteiger partial charge in [-0.15, -0.1) is 0 Å². The first-order valence-corrected chi connectivity index (χ1v) is 6.74. The summed E-state index contributed by atoms with van der Waals surface area (Å²) in [5, 5.41) is 13.5. The maximum Gasteiger partial charge on any atom is 0.338 e. The van der Waals surface area contributed by atoms with Gasteiger partial charge in [-0.1, -0.05) is 19.3 Å². The Labute approximate surface area is 120 Å². The van der Waals surface area contributed by atoms with Crippen LogP contribution in [0.25, 0.3) is 0 Å². The van der Waals surface area contributed by atoms with E-state index in [1.54, 1.807) is 0 Å². The second kappa shape index (κ2) is 6.51. The Bertz CT molecular complexity index is 559. The van der Waals surface area contributed by atoms with Gasteiger partial charge in [-0.3, -0.25) is 0 Å². The van der Waals surface area contributed by atoms with E-state index >= 15 is 0 Å². The van der Waals surface area contributed by atoms with Crippen molar-refractivity contribution in [1.82, 2.24) is 5.32 Å². The van der Waals surface area contributed by atoms with Crippen LogP contribution in [0.3, 0.4) is 0 Å². The first-order chi connectivity index (χ1) is 9.97. The highest BCUT2D eigenvalue weighted by Crippen LogP contribution is 2.28. The molecule has 2 amide bonds. The zero-order valence-corrected chi connectivity index (χ0v) is 11.3. The number of aromatic carboxylic acids is 1. The monoisotopic (exact) mass is 298 g/mol. The Balaban J connectivity index is 1.92. The first-order valence-electron chi connectivity index (χ1n) is 6.74. The predicted molar refractivity (Wildman–Crippen MR) is 72.3 cm³/mol. The summed E-state index contributed by atoms with van der Waals surface area (Å²) in [6.45, 7) is 0.463. The molecule has 1 aromatic carbocycles.